The number of benzene rings is 2. The van der Waals surface area contributed by atoms with Gasteiger partial charge in [-0.3, -0.25) is 0 Å². The van der Waals surface area contributed by atoms with Crippen molar-refractivity contribution >= 4 is 22.6 Å². The number of rotatable bonds is 1. The predicted octanol–water partition coefficient (Wildman–Crippen LogP) is 4.55. The molecule has 0 aliphatic heterocycles. The largest absolute Gasteiger partial charge is 0.388 e. The molecule has 1 N–H and O–H groups in total. The average molecular weight is 364 g/mol. The van der Waals surface area contributed by atoms with Gasteiger partial charge in [-0.2, -0.15) is 0 Å². The van der Waals surface area contributed by atoms with Crippen LogP contribution in [0.1, 0.15) is 34.8 Å². The lowest BCUT2D eigenvalue weighted by Crippen LogP contribution is -1.96. The summed E-state index contributed by atoms with van der Waals surface area (Å²) in [5.74, 6) is 0. The van der Waals surface area contributed by atoms with Gasteiger partial charge >= 0.3 is 0 Å². The molecule has 2 aromatic carbocycles. The van der Waals surface area contributed by atoms with Crippen molar-refractivity contribution in [2.45, 2.75) is 32.8 Å². The fourth-order valence-electron chi connectivity index (χ4n) is 3.01. The summed E-state index contributed by atoms with van der Waals surface area (Å²) < 4.78 is 1.33. The van der Waals surface area contributed by atoms with Gasteiger partial charge in [-0.25, -0.2) is 0 Å². The molecule has 2 heteroatoms. The number of aliphatic hydroxyl groups excluding tert-OH is 1. The quantitative estimate of drug-likeness (QED) is 0.736. The highest BCUT2D eigenvalue weighted by atomic mass is 127. The molecule has 0 amide bonds. The third-order valence-corrected chi connectivity index (χ3v) is 5.67. The molecular formula is C17H17IO. The molecule has 0 fully saturated rings. The molecule has 0 saturated heterocycles. The Hall–Kier alpha value is -0.870. The normalized spacial score (nSPS) is 17.6. The van der Waals surface area contributed by atoms with Gasteiger partial charge in [-0.05, 0) is 82.7 Å². The fraction of sp³-hybridized carbons (Fsp3) is 0.294. The molecule has 1 atom stereocenters. The molecule has 1 nitrogen and oxygen atoms in total. The number of halogens is 1. The highest BCUT2D eigenvalue weighted by Crippen LogP contribution is 2.39. The summed E-state index contributed by atoms with van der Waals surface area (Å²) in [6.07, 6.45) is 1.55. The first-order chi connectivity index (χ1) is 9.08. The van der Waals surface area contributed by atoms with Crippen molar-refractivity contribution in [2.75, 3.05) is 0 Å². The molecule has 2 aromatic rings. The van der Waals surface area contributed by atoms with Crippen LogP contribution in [0.4, 0.5) is 0 Å². The van der Waals surface area contributed by atoms with E-state index in [9.17, 15) is 5.11 Å². The summed E-state index contributed by atoms with van der Waals surface area (Å²) >= 11 is 2.40. The van der Waals surface area contributed by atoms with E-state index in [0.29, 0.717) is 0 Å². The van der Waals surface area contributed by atoms with Gasteiger partial charge in [0.05, 0.1) is 6.10 Å². The Morgan fingerprint density at radius 2 is 1.84 bits per heavy atom. The van der Waals surface area contributed by atoms with Crippen molar-refractivity contribution in [1.82, 2.24) is 0 Å². The predicted molar refractivity (Wildman–Crippen MR) is 87.3 cm³/mol. The number of hydrogen-bond acceptors (Lipinski definition) is 1. The van der Waals surface area contributed by atoms with Crippen LogP contribution in [0.3, 0.4) is 0 Å². The number of hydrogen-bond donors (Lipinski definition) is 1. The molecule has 0 heterocycles. The molecule has 0 bridgehead atoms. The third-order valence-electron chi connectivity index (χ3n) is 3.96. The lowest BCUT2D eigenvalue weighted by Gasteiger charge is -2.14. The van der Waals surface area contributed by atoms with E-state index in [1.165, 1.54) is 31.4 Å². The van der Waals surface area contributed by atoms with E-state index in [2.05, 4.69) is 66.8 Å². The van der Waals surface area contributed by atoms with E-state index in [4.69, 9.17) is 0 Å². The molecule has 98 valence electrons. The van der Waals surface area contributed by atoms with Crippen molar-refractivity contribution in [2.24, 2.45) is 0 Å². The molecule has 0 aromatic heterocycles. The molecule has 0 radical (unpaired) electrons. The van der Waals surface area contributed by atoms with Crippen LogP contribution in [-0.2, 0) is 6.42 Å². The number of aryl methyl sites for hydroxylation is 3. The molecule has 0 unspecified atom stereocenters. The Morgan fingerprint density at radius 3 is 2.53 bits per heavy atom. The SMILES string of the molecule is Cc1cc(-c2cccc3c2[C@@H](O)CC3)cc(C)c1I. The third kappa shape index (κ3) is 2.21. The average Bonchev–Trinajstić information content (AvgIpc) is 2.77. The van der Waals surface area contributed by atoms with Gasteiger partial charge in [0.15, 0.2) is 0 Å². The lowest BCUT2D eigenvalue weighted by atomic mass is 9.94. The second kappa shape index (κ2) is 4.91. The zero-order valence-corrected chi connectivity index (χ0v) is 13.4. The first kappa shape index (κ1) is 13.1. The standard InChI is InChI=1S/C17H17IO/c1-10-8-13(9-11(2)17(10)18)14-5-3-4-12-6-7-15(19)16(12)14/h3-5,8-9,15,19H,6-7H2,1-2H3/t15-/m0/s1. The Balaban J connectivity index is 2.21. The Morgan fingerprint density at radius 1 is 1.16 bits per heavy atom. The Kier molecular flexibility index (Phi) is 3.39. The lowest BCUT2D eigenvalue weighted by molar-refractivity contribution is 0.180. The smallest absolute Gasteiger partial charge is 0.0801 e. The summed E-state index contributed by atoms with van der Waals surface area (Å²) in [5.41, 5.74) is 7.49. The van der Waals surface area contributed by atoms with Crippen LogP contribution in [0.2, 0.25) is 0 Å². The van der Waals surface area contributed by atoms with Crippen LogP contribution in [0.15, 0.2) is 30.3 Å². The highest BCUT2D eigenvalue weighted by molar-refractivity contribution is 14.1. The summed E-state index contributed by atoms with van der Waals surface area (Å²) in [6, 6.07) is 10.8. The summed E-state index contributed by atoms with van der Waals surface area (Å²) in [6.45, 7) is 4.30. The second-order valence-corrected chi connectivity index (χ2v) is 6.44. The van der Waals surface area contributed by atoms with Gasteiger partial charge in [0.2, 0.25) is 0 Å². The van der Waals surface area contributed by atoms with Crippen molar-refractivity contribution in [1.29, 1.82) is 0 Å². The van der Waals surface area contributed by atoms with E-state index < -0.39 is 0 Å². The Bertz CT molecular complexity index is 623. The number of fused-ring (bicyclic) bond motifs is 1. The minimum atomic E-state index is -0.300. The molecule has 3 rings (SSSR count). The Labute approximate surface area is 127 Å². The minimum absolute atomic E-state index is 0.300. The van der Waals surface area contributed by atoms with Crippen LogP contribution < -0.4 is 0 Å². The molecular weight excluding hydrogens is 347 g/mol. The first-order valence-electron chi connectivity index (χ1n) is 6.65. The van der Waals surface area contributed by atoms with Crippen LogP contribution in [0, 0.1) is 17.4 Å². The first-order valence-corrected chi connectivity index (χ1v) is 7.73. The summed E-state index contributed by atoms with van der Waals surface area (Å²) in [4.78, 5) is 0. The maximum atomic E-state index is 10.2. The summed E-state index contributed by atoms with van der Waals surface area (Å²) in [5, 5.41) is 10.2. The van der Waals surface area contributed by atoms with E-state index in [1.807, 2.05) is 0 Å². The monoisotopic (exact) mass is 364 g/mol. The molecule has 0 spiro atoms. The van der Waals surface area contributed by atoms with Crippen LogP contribution in [0.25, 0.3) is 11.1 Å². The van der Waals surface area contributed by atoms with Gasteiger partial charge in [-0.15, -0.1) is 0 Å². The van der Waals surface area contributed by atoms with E-state index in [-0.39, 0.29) is 6.10 Å². The zero-order valence-electron chi connectivity index (χ0n) is 11.2. The van der Waals surface area contributed by atoms with Crippen LogP contribution in [-0.4, -0.2) is 5.11 Å². The molecule has 1 aliphatic carbocycles. The molecule has 19 heavy (non-hydrogen) atoms. The zero-order chi connectivity index (χ0) is 13.6. The number of aliphatic hydroxyl groups is 1. The van der Waals surface area contributed by atoms with Gasteiger partial charge in [-0.1, -0.05) is 30.3 Å². The maximum Gasteiger partial charge on any atom is 0.0801 e. The van der Waals surface area contributed by atoms with Crippen molar-refractivity contribution in [3.05, 3.63) is 56.2 Å². The fourth-order valence-corrected chi connectivity index (χ4v) is 3.33. The van der Waals surface area contributed by atoms with Gasteiger partial charge in [0.25, 0.3) is 0 Å². The van der Waals surface area contributed by atoms with Gasteiger partial charge < -0.3 is 5.11 Å². The van der Waals surface area contributed by atoms with E-state index >= 15 is 0 Å². The molecule has 0 saturated carbocycles. The van der Waals surface area contributed by atoms with Crippen molar-refractivity contribution in [3.8, 4) is 11.1 Å². The van der Waals surface area contributed by atoms with Gasteiger partial charge in [0, 0.05) is 3.57 Å². The van der Waals surface area contributed by atoms with Crippen molar-refractivity contribution < 1.29 is 5.11 Å². The van der Waals surface area contributed by atoms with Gasteiger partial charge in [0.1, 0.15) is 0 Å². The topological polar surface area (TPSA) is 20.2 Å². The van der Waals surface area contributed by atoms with Crippen LogP contribution in [0.5, 0.6) is 0 Å². The van der Waals surface area contributed by atoms with Crippen molar-refractivity contribution in [3.63, 3.8) is 0 Å². The van der Waals surface area contributed by atoms with E-state index in [0.717, 1.165) is 18.4 Å². The minimum Gasteiger partial charge on any atom is -0.388 e. The summed E-state index contributed by atoms with van der Waals surface area (Å²) in [7, 11) is 0. The second-order valence-electron chi connectivity index (χ2n) is 5.36. The maximum absolute atomic E-state index is 10.2. The highest BCUT2D eigenvalue weighted by Gasteiger charge is 2.23. The molecule has 1 aliphatic rings. The van der Waals surface area contributed by atoms with E-state index in [1.54, 1.807) is 0 Å². The van der Waals surface area contributed by atoms with Crippen LogP contribution >= 0.6 is 22.6 Å².